The molecule has 4 heteroatoms. The lowest BCUT2D eigenvalue weighted by Crippen LogP contribution is -2.06. The van der Waals surface area contributed by atoms with Gasteiger partial charge in [-0.3, -0.25) is 0 Å². The van der Waals surface area contributed by atoms with Gasteiger partial charge in [-0.2, -0.15) is 0 Å². The Morgan fingerprint density at radius 1 is 1.54 bits per heavy atom. The Morgan fingerprint density at radius 2 is 2.23 bits per heavy atom. The first-order valence-electron chi connectivity index (χ1n) is 3.91. The number of benzene rings is 1. The van der Waals surface area contributed by atoms with E-state index in [0.29, 0.717) is 24.3 Å². The Balaban J connectivity index is 3.18. The summed E-state index contributed by atoms with van der Waals surface area (Å²) in [4.78, 5) is 0. The van der Waals surface area contributed by atoms with Crippen LogP contribution in [0.5, 0.6) is 5.75 Å². The predicted octanol–water partition coefficient (Wildman–Crippen LogP) is 2.10. The molecule has 0 saturated heterocycles. The quantitative estimate of drug-likeness (QED) is 0.888. The minimum atomic E-state index is -0.273. The van der Waals surface area contributed by atoms with Crippen molar-refractivity contribution in [3.8, 4) is 5.75 Å². The van der Waals surface area contributed by atoms with Crippen LogP contribution < -0.4 is 10.5 Å². The van der Waals surface area contributed by atoms with Crippen LogP contribution in [0.15, 0.2) is 16.6 Å². The second-order valence-corrected chi connectivity index (χ2v) is 3.43. The molecule has 0 amide bonds. The highest BCUT2D eigenvalue weighted by atomic mass is 79.9. The standard InChI is InChI=1S/C9H11BrFNO/c1-13-9-6(4-5-12)8(11)3-2-7(9)10/h2-3H,4-5,12H2,1H3. The van der Waals surface area contributed by atoms with Crippen LogP contribution in [0.4, 0.5) is 4.39 Å². The van der Waals surface area contributed by atoms with E-state index in [4.69, 9.17) is 10.5 Å². The lowest BCUT2D eigenvalue weighted by molar-refractivity contribution is 0.402. The van der Waals surface area contributed by atoms with Crippen molar-refractivity contribution >= 4 is 15.9 Å². The third-order valence-corrected chi connectivity index (χ3v) is 2.38. The van der Waals surface area contributed by atoms with Crippen molar-refractivity contribution in [3.05, 3.63) is 28.0 Å². The van der Waals surface area contributed by atoms with Gasteiger partial charge in [-0.15, -0.1) is 0 Å². The number of methoxy groups -OCH3 is 1. The normalized spacial score (nSPS) is 10.2. The van der Waals surface area contributed by atoms with Gasteiger partial charge < -0.3 is 10.5 Å². The van der Waals surface area contributed by atoms with Gasteiger partial charge in [0.15, 0.2) is 0 Å². The summed E-state index contributed by atoms with van der Waals surface area (Å²) in [6.45, 7) is 0.406. The van der Waals surface area contributed by atoms with Crippen LogP contribution >= 0.6 is 15.9 Å². The number of hydrogen-bond donors (Lipinski definition) is 1. The molecule has 0 unspecified atom stereocenters. The van der Waals surface area contributed by atoms with Gasteiger partial charge in [0.1, 0.15) is 11.6 Å². The van der Waals surface area contributed by atoms with E-state index in [9.17, 15) is 4.39 Å². The molecule has 1 aromatic rings. The van der Waals surface area contributed by atoms with Crippen molar-refractivity contribution in [2.45, 2.75) is 6.42 Å². The molecule has 0 aliphatic heterocycles. The Morgan fingerprint density at radius 3 is 2.77 bits per heavy atom. The van der Waals surface area contributed by atoms with E-state index in [-0.39, 0.29) is 5.82 Å². The van der Waals surface area contributed by atoms with Crippen LogP contribution in [0.25, 0.3) is 0 Å². The maximum Gasteiger partial charge on any atom is 0.139 e. The minimum Gasteiger partial charge on any atom is -0.495 e. The average molecular weight is 248 g/mol. The fourth-order valence-electron chi connectivity index (χ4n) is 1.17. The van der Waals surface area contributed by atoms with E-state index in [0.717, 1.165) is 4.47 Å². The maximum atomic E-state index is 13.2. The van der Waals surface area contributed by atoms with Crippen LogP contribution in [-0.4, -0.2) is 13.7 Å². The van der Waals surface area contributed by atoms with Crippen LogP contribution in [0.3, 0.4) is 0 Å². The molecule has 0 atom stereocenters. The van der Waals surface area contributed by atoms with Gasteiger partial charge in [-0.05, 0) is 41.0 Å². The van der Waals surface area contributed by atoms with E-state index in [2.05, 4.69) is 15.9 Å². The smallest absolute Gasteiger partial charge is 0.139 e. The SMILES string of the molecule is COc1c(Br)ccc(F)c1CCN. The second kappa shape index (κ2) is 4.58. The minimum absolute atomic E-state index is 0.273. The van der Waals surface area contributed by atoms with Gasteiger partial charge in [0.2, 0.25) is 0 Å². The molecule has 1 rings (SSSR count). The summed E-state index contributed by atoms with van der Waals surface area (Å²) >= 11 is 3.28. The topological polar surface area (TPSA) is 35.2 Å². The first-order valence-corrected chi connectivity index (χ1v) is 4.71. The zero-order valence-corrected chi connectivity index (χ0v) is 8.90. The van der Waals surface area contributed by atoms with E-state index in [1.54, 1.807) is 6.07 Å². The molecule has 0 heterocycles. The molecule has 2 N–H and O–H groups in total. The van der Waals surface area contributed by atoms with E-state index in [1.807, 2.05) is 0 Å². The highest BCUT2D eigenvalue weighted by Crippen LogP contribution is 2.30. The average Bonchev–Trinajstić information content (AvgIpc) is 2.12. The molecule has 1 aromatic carbocycles. The lowest BCUT2D eigenvalue weighted by Gasteiger charge is -2.10. The summed E-state index contributed by atoms with van der Waals surface area (Å²) < 4.78 is 19.1. The zero-order chi connectivity index (χ0) is 9.84. The van der Waals surface area contributed by atoms with Gasteiger partial charge in [0, 0.05) is 5.56 Å². The molecule has 13 heavy (non-hydrogen) atoms. The van der Waals surface area contributed by atoms with E-state index in [1.165, 1.54) is 13.2 Å². The Labute approximate surface area is 85.0 Å². The molecule has 0 spiro atoms. The molecule has 0 saturated carbocycles. The molecule has 0 aromatic heterocycles. The van der Waals surface area contributed by atoms with Gasteiger partial charge in [-0.25, -0.2) is 4.39 Å². The largest absolute Gasteiger partial charge is 0.495 e. The summed E-state index contributed by atoms with van der Waals surface area (Å²) in [5.74, 6) is 0.260. The molecule has 0 fully saturated rings. The molecular weight excluding hydrogens is 237 g/mol. The Bertz CT molecular complexity index is 304. The van der Waals surface area contributed by atoms with Crippen molar-refractivity contribution in [1.29, 1.82) is 0 Å². The first kappa shape index (κ1) is 10.5. The molecular formula is C9H11BrFNO. The third kappa shape index (κ3) is 2.19. The molecule has 72 valence electrons. The number of nitrogens with two attached hydrogens (primary N) is 1. The van der Waals surface area contributed by atoms with Crippen molar-refractivity contribution in [1.82, 2.24) is 0 Å². The highest BCUT2D eigenvalue weighted by Gasteiger charge is 2.11. The van der Waals surface area contributed by atoms with Crippen molar-refractivity contribution in [2.24, 2.45) is 5.73 Å². The monoisotopic (exact) mass is 247 g/mol. The Hall–Kier alpha value is -0.610. The zero-order valence-electron chi connectivity index (χ0n) is 7.31. The highest BCUT2D eigenvalue weighted by molar-refractivity contribution is 9.10. The molecule has 0 aliphatic carbocycles. The molecule has 2 nitrogen and oxygen atoms in total. The molecule has 0 radical (unpaired) electrons. The number of halogens is 2. The maximum absolute atomic E-state index is 13.2. The van der Waals surface area contributed by atoms with Crippen LogP contribution in [-0.2, 0) is 6.42 Å². The van der Waals surface area contributed by atoms with Gasteiger partial charge in [0.05, 0.1) is 11.6 Å². The molecule has 0 bridgehead atoms. The second-order valence-electron chi connectivity index (χ2n) is 2.58. The van der Waals surface area contributed by atoms with E-state index >= 15 is 0 Å². The first-order chi connectivity index (χ1) is 6.20. The lowest BCUT2D eigenvalue weighted by atomic mass is 10.1. The fraction of sp³-hybridized carbons (Fsp3) is 0.333. The third-order valence-electron chi connectivity index (χ3n) is 1.75. The van der Waals surface area contributed by atoms with Gasteiger partial charge in [0.25, 0.3) is 0 Å². The van der Waals surface area contributed by atoms with Gasteiger partial charge >= 0.3 is 0 Å². The summed E-state index contributed by atoms with van der Waals surface area (Å²) in [6, 6.07) is 3.02. The summed E-state index contributed by atoms with van der Waals surface area (Å²) in [5.41, 5.74) is 5.89. The Kier molecular flexibility index (Phi) is 3.69. The van der Waals surface area contributed by atoms with Gasteiger partial charge in [-0.1, -0.05) is 0 Å². The summed E-state index contributed by atoms with van der Waals surface area (Å²) in [7, 11) is 1.51. The molecule has 0 aliphatic rings. The van der Waals surface area contributed by atoms with Crippen molar-refractivity contribution in [3.63, 3.8) is 0 Å². The summed E-state index contributed by atoms with van der Waals surface area (Å²) in [5, 5.41) is 0. The summed E-state index contributed by atoms with van der Waals surface area (Å²) in [6.07, 6.45) is 0.481. The number of rotatable bonds is 3. The number of hydrogen-bond acceptors (Lipinski definition) is 2. The fourth-order valence-corrected chi connectivity index (χ4v) is 1.71. The predicted molar refractivity (Wildman–Crippen MR) is 53.4 cm³/mol. The number of ether oxygens (including phenoxy) is 1. The van der Waals surface area contributed by atoms with E-state index < -0.39 is 0 Å². The van der Waals surface area contributed by atoms with Crippen LogP contribution in [0.2, 0.25) is 0 Å². The van der Waals surface area contributed by atoms with Crippen LogP contribution in [0.1, 0.15) is 5.56 Å². The van der Waals surface area contributed by atoms with Crippen LogP contribution in [0, 0.1) is 5.82 Å². The van der Waals surface area contributed by atoms with Crippen molar-refractivity contribution in [2.75, 3.05) is 13.7 Å². The van der Waals surface area contributed by atoms with Crippen molar-refractivity contribution < 1.29 is 9.13 Å².